The van der Waals surface area contributed by atoms with Crippen molar-refractivity contribution in [2.24, 2.45) is 29.6 Å². The largest absolute Gasteiger partial charge is 0.460 e. The molecule has 68 heavy (non-hydrogen) atoms. The van der Waals surface area contributed by atoms with E-state index >= 15 is 0 Å². The highest BCUT2D eigenvalue weighted by molar-refractivity contribution is 6.39. The first-order chi connectivity index (χ1) is 32.4. The molecule has 14 atom stereocenters. The van der Waals surface area contributed by atoms with E-state index in [1.165, 1.54) is 19.1 Å². The van der Waals surface area contributed by atoms with Gasteiger partial charge in [-0.2, -0.15) is 0 Å². The molecule has 15 nitrogen and oxygen atoms in total. The zero-order chi connectivity index (χ0) is 50.1. The molecule has 0 aromatic carbocycles. The van der Waals surface area contributed by atoms with Crippen molar-refractivity contribution in [2.45, 2.75) is 180 Å². The molecule has 4 rings (SSSR count). The lowest BCUT2D eigenvalue weighted by Gasteiger charge is -2.44. The van der Waals surface area contributed by atoms with Crippen LogP contribution in [-0.4, -0.2) is 147 Å². The van der Waals surface area contributed by atoms with Gasteiger partial charge in [-0.15, -0.1) is 0 Å². The molecule has 4 aliphatic rings. The van der Waals surface area contributed by atoms with E-state index in [9.17, 15) is 34.2 Å². The summed E-state index contributed by atoms with van der Waals surface area (Å²) in [6.07, 6.45) is 12.3. The molecule has 15 heteroatoms. The maximum Gasteiger partial charge on any atom is 0.329 e. The zero-order valence-corrected chi connectivity index (χ0v) is 42.5. The Morgan fingerprint density at radius 2 is 1.59 bits per heavy atom. The van der Waals surface area contributed by atoms with Gasteiger partial charge in [0.25, 0.3) is 11.7 Å². The molecule has 2 N–H and O–H groups in total. The van der Waals surface area contributed by atoms with Crippen LogP contribution in [0.4, 0.5) is 0 Å². The van der Waals surface area contributed by atoms with Crippen molar-refractivity contribution in [1.29, 1.82) is 0 Å². The van der Waals surface area contributed by atoms with E-state index in [0.29, 0.717) is 75.7 Å². The lowest BCUT2D eigenvalue weighted by Crippen LogP contribution is -2.61. The van der Waals surface area contributed by atoms with E-state index in [-0.39, 0.29) is 61.4 Å². The van der Waals surface area contributed by atoms with Crippen molar-refractivity contribution in [3.63, 3.8) is 0 Å². The first kappa shape index (κ1) is 57.2. The van der Waals surface area contributed by atoms with Crippen molar-refractivity contribution in [2.75, 3.05) is 48.2 Å². The zero-order valence-electron chi connectivity index (χ0n) is 42.5. The summed E-state index contributed by atoms with van der Waals surface area (Å²) in [6.45, 7) is 11.8. The maximum absolute atomic E-state index is 14.5. The SMILES string of the molecule is COCCO[C@@H]1CC[C@@H](C[C@@H](C)[C@@H]2CC(=O)[C@H](C)/C=C(\C)[C@@H](O)[C@@H](OC)C(=O)[C@H](C)CC/C=C/C=C/C=C(\C)[C@@H](O)C[C@@H]3CC[C@@H](C)[C@@](OC)(O3)C(=O)C(=O)N3CCCC[C@H]3C(=O)O2)C[C@H]1OC. The van der Waals surface area contributed by atoms with Gasteiger partial charge in [-0.05, 0) is 107 Å². The highest BCUT2D eigenvalue weighted by Gasteiger charge is 2.54. The van der Waals surface area contributed by atoms with Gasteiger partial charge in [0.05, 0.1) is 37.6 Å². The molecule has 0 unspecified atom stereocenters. The maximum atomic E-state index is 14.5. The number of carbonyl (C=O) groups is 5. The number of nitrogens with zero attached hydrogens (tertiary/aromatic N) is 1. The third kappa shape index (κ3) is 15.3. The van der Waals surface area contributed by atoms with Crippen molar-refractivity contribution >= 4 is 29.2 Å². The summed E-state index contributed by atoms with van der Waals surface area (Å²) < 4.78 is 41.3. The smallest absolute Gasteiger partial charge is 0.329 e. The van der Waals surface area contributed by atoms with Crippen LogP contribution >= 0.6 is 0 Å². The first-order valence-electron chi connectivity index (χ1n) is 25.0. The number of cyclic esters (lactones) is 1. The third-order valence-electron chi connectivity index (χ3n) is 14.8. The fraction of sp³-hybridized carbons (Fsp3) is 0.755. The van der Waals surface area contributed by atoms with Gasteiger partial charge in [-0.25, -0.2) is 4.79 Å². The normalized spacial score (nSPS) is 38.1. The molecule has 1 amide bonds. The fourth-order valence-corrected chi connectivity index (χ4v) is 10.3. The summed E-state index contributed by atoms with van der Waals surface area (Å²) >= 11 is 0. The number of hydrogen-bond donors (Lipinski definition) is 2. The van der Waals surface area contributed by atoms with Crippen LogP contribution in [0.5, 0.6) is 0 Å². The minimum absolute atomic E-state index is 0.0887. The molecule has 2 bridgehead atoms. The van der Waals surface area contributed by atoms with Crippen LogP contribution in [0.1, 0.15) is 125 Å². The van der Waals surface area contributed by atoms with Crippen LogP contribution < -0.4 is 0 Å². The summed E-state index contributed by atoms with van der Waals surface area (Å²) in [5, 5.41) is 22.6. The quantitative estimate of drug-likeness (QED) is 0.103. The van der Waals surface area contributed by atoms with Gasteiger partial charge in [-0.1, -0.05) is 64.2 Å². The number of methoxy groups -OCH3 is 4. The highest BCUT2D eigenvalue weighted by Crippen LogP contribution is 2.39. The molecule has 1 aliphatic carbocycles. The number of ether oxygens (including phenoxy) is 7. The number of rotatable bonds is 10. The number of ketones is 3. The lowest BCUT2D eigenvalue weighted by atomic mass is 9.78. The van der Waals surface area contributed by atoms with Gasteiger partial charge in [-0.3, -0.25) is 19.2 Å². The van der Waals surface area contributed by atoms with Crippen molar-refractivity contribution in [3.8, 4) is 0 Å². The standard InChI is InChI=1S/C53H83NO14/c1-33-18-14-12-11-13-15-19-34(2)47(57)49(64-9)48(58)37(5)28-35(3)43(56)32-45(36(4)29-39-22-24-44(46(30-39)63-8)66-27-26-62-7)67-52(61)41-20-16-17-25-54(41)51(60)50(59)53(65-10)38(6)21-23-40(68-53)31-42(33)55/h11-14,18,28,34-36,38-42,44-46,48-49,55,58H,15-17,19-27,29-32H2,1-10H3/b13-11+,14-12+,33-18+,37-28+/t34-,35-,36-,38-,39+,40+,41+,42+,44-,45+,46-,48-,49+,53-/m1/s1. The van der Waals surface area contributed by atoms with E-state index in [1.807, 2.05) is 25.2 Å². The molecule has 0 radical (unpaired) electrons. The average Bonchev–Trinajstić information content (AvgIpc) is 3.33. The second-order valence-electron chi connectivity index (χ2n) is 19.8. The Hall–Kier alpha value is -3.41. The summed E-state index contributed by atoms with van der Waals surface area (Å²) in [4.78, 5) is 72.6. The predicted octanol–water partition coefficient (Wildman–Crippen LogP) is 6.61. The first-order valence-corrected chi connectivity index (χ1v) is 25.0. The Bertz CT molecular complexity index is 1790. The molecule has 0 aromatic heterocycles. The number of hydrogen-bond acceptors (Lipinski definition) is 14. The van der Waals surface area contributed by atoms with Gasteiger partial charge in [0.1, 0.15) is 30.1 Å². The van der Waals surface area contributed by atoms with Crippen LogP contribution in [0.25, 0.3) is 0 Å². The van der Waals surface area contributed by atoms with E-state index in [4.69, 9.17) is 33.2 Å². The van der Waals surface area contributed by atoms with Crippen LogP contribution in [0.2, 0.25) is 0 Å². The monoisotopic (exact) mass is 958 g/mol. The van der Waals surface area contributed by atoms with Gasteiger partial charge < -0.3 is 48.3 Å². The Morgan fingerprint density at radius 1 is 0.838 bits per heavy atom. The molecular formula is C53H83NO14. The number of piperidine rings is 1. The molecule has 3 heterocycles. The topological polar surface area (TPSA) is 194 Å². The Kier molecular flexibility index (Phi) is 23.4. The number of Topliss-reactive ketones (excluding diaryl/α,β-unsaturated/α-hetero) is 3. The molecule has 384 valence electrons. The van der Waals surface area contributed by atoms with Crippen molar-refractivity contribution < 1.29 is 67.3 Å². The van der Waals surface area contributed by atoms with E-state index < -0.39 is 77.8 Å². The van der Waals surface area contributed by atoms with Crippen LogP contribution in [0.3, 0.4) is 0 Å². The fourth-order valence-electron chi connectivity index (χ4n) is 10.3. The molecule has 2 saturated heterocycles. The van der Waals surface area contributed by atoms with Crippen molar-refractivity contribution in [1.82, 2.24) is 4.90 Å². The van der Waals surface area contributed by atoms with E-state index in [2.05, 4.69) is 0 Å². The molecule has 3 fully saturated rings. The lowest BCUT2D eigenvalue weighted by molar-refractivity contribution is -0.277. The number of allylic oxidation sites excluding steroid dienone is 6. The summed E-state index contributed by atoms with van der Waals surface area (Å²) in [7, 11) is 6.01. The number of carbonyl (C=O) groups excluding carboxylic acids is 5. The van der Waals surface area contributed by atoms with Crippen LogP contribution in [0, 0.1) is 29.6 Å². The predicted molar refractivity (Wildman–Crippen MR) is 256 cm³/mol. The van der Waals surface area contributed by atoms with E-state index in [1.54, 1.807) is 67.1 Å². The summed E-state index contributed by atoms with van der Waals surface area (Å²) in [5.41, 5.74) is 1.07. The van der Waals surface area contributed by atoms with Crippen LogP contribution in [-0.2, 0) is 57.1 Å². The van der Waals surface area contributed by atoms with Crippen LogP contribution in [0.15, 0.2) is 47.6 Å². The average molecular weight is 958 g/mol. The number of aliphatic hydroxyl groups excluding tert-OH is 2. The third-order valence-corrected chi connectivity index (χ3v) is 14.8. The summed E-state index contributed by atoms with van der Waals surface area (Å²) in [6, 6.07) is -1.10. The second-order valence-corrected chi connectivity index (χ2v) is 19.8. The molecule has 3 aliphatic heterocycles. The molecule has 0 spiro atoms. The Morgan fingerprint density at radius 3 is 2.28 bits per heavy atom. The Labute approximate surface area is 405 Å². The number of esters is 1. The van der Waals surface area contributed by atoms with Crippen molar-refractivity contribution in [3.05, 3.63) is 47.6 Å². The van der Waals surface area contributed by atoms with Gasteiger partial charge in [0.2, 0.25) is 5.79 Å². The Balaban J connectivity index is 1.68. The van der Waals surface area contributed by atoms with Gasteiger partial charge in [0.15, 0.2) is 5.78 Å². The van der Waals surface area contributed by atoms with E-state index in [0.717, 1.165) is 12.8 Å². The van der Waals surface area contributed by atoms with Gasteiger partial charge >= 0.3 is 5.97 Å². The number of aliphatic hydroxyl groups is 2. The number of amides is 1. The number of fused-ring (bicyclic) bond motifs is 3. The minimum atomic E-state index is -1.94. The van der Waals surface area contributed by atoms with Gasteiger partial charge in [0, 0.05) is 65.6 Å². The second kappa shape index (κ2) is 27.8. The minimum Gasteiger partial charge on any atom is -0.460 e. The summed E-state index contributed by atoms with van der Waals surface area (Å²) in [5.74, 6) is -6.76. The molecular weight excluding hydrogens is 875 g/mol. The molecule has 0 aromatic rings. The molecule has 1 saturated carbocycles. The highest BCUT2D eigenvalue weighted by atomic mass is 16.7.